The number of aromatic nitrogens is 1. The topological polar surface area (TPSA) is 58.3 Å². The van der Waals surface area contributed by atoms with Gasteiger partial charge in [0.05, 0.1) is 6.54 Å². The number of fused-ring (bicyclic) bond motifs is 1. The molecule has 1 amide bonds. The van der Waals surface area contributed by atoms with Crippen molar-refractivity contribution in [3.8, 4) is 11.8 Å². The van der Waals surface area contributed by atoms with Crippen LogP contribution in [0.3, 0.4) is 0 Å². The molecule has 146 valence electrons. The van der Waals surface area contributed by atoms with Crippen LogP contribution in [-0.2, 0) is 11.3 Å². The Morgan fingerprint density at radius 1 is 1.07 bits per heavy atom. The Hall–Kier alpha value is -3.52. The molecular weight excluding hydrogens is 362 g/mol. The first kappa shape index (κ1) is 18.8. The van der Waals surface area contributed by atoms with E-state index in [0.29, 0.717) is 13.2 Å². The summed E-state index contributed by atoms with van der Waals surface area (Å²) < 4.78 is 7.94. The third kappa shape index (κ3) is 4.17. The van der Waals surface area contributed by atoms with Gasteiger partial charge in [0.1, 0.15) is 24.0 Å². The SMILES string of the molecule is N#CC(=Cc1cn(CCOc2ccccc2)c2ccccc12)C(=O)N1CCCC1. The minimum Gasteiger partial charge on any atom is -0.492 e. The van der Waals surface area contributed by atoms with Crippen molar-refractivity contribution in [2.45, 2.75) is 19.4 Å². The molecule has 3 aromatic rings. The molecule has 1 aromatic heterocycles. The number of ether oxygens (including phenoxy) is 1. The maximum atomic E-state index is 12.7. The molecule has 1 aliphatic heterocycles. The highest BCUT2D eigenvalue weighted by molar-refractivity contribution is 6.04. The zero-order chi connectivity index (χ0) is 20.1. The fourth-order valence-corrected chi connectivity index (χ4v) is 3.74. The molecule has 0 N–H and O–H groups in total. The van der Waals surface area contributed by atoms with Crippen LogP contribution >= 0.6 is 0 Å². The molecule has 4 rings (SSSR count). The van der Waals surface area contributed by atoms with E-state index in [1.165, 1.54) is 0 Å². The van der Waals surface area contributed by atoms with E-state index in [4.69, 9.17) is 4.74 Å². The first-order chi connectivity index (χ1) is 14.3. The van der Waals surface area contributed by atoms with Crippen LogP contribution in [0.25, 0.3) is 17.0 Å². The van der Waals surface area contributed by atoms with Gasteiger partial charge in [-0.15, -0.1) is 0 Å². The van der Waals surface area contributed by atoms with Gasteiger partial charge in [-0.1, -0.05) is 36.4 Å². The number of hydrogen-bond donors (Lipinski definition) is 0. The minimum absolute atomic E-state index is 0.172. The number of nitriles is 1. The molecule has 5 nitrogen and oxygen atoms in total. The molecule has 5 heteroatoms. The Kier molecular flexibility index (Phi) is 5.62. The maximum absolute atomic E-state index is 12.7. The van der Waals surface area contributed by atoms with Crippen LogP contribution in [-0.4, -0.2) is 35.1 Å². The molecule has 1 fully saturated rings. The lowest BCUT2D eigenvalue weighted by atomic mass is 10.1. The van der Waals surface area contributed by atoms with Gasteiger partial charge < -0.3 is 14.2 Å². The van der Waals surface area contributed by atoms with Gasteiger partial charge in [0.25, 0.3) is 5.91 Å². The smallest absolute Gasteiger partial charge is 0.264 e. The number of hydrogen-bond acceptors (Lipinski definition) is 3. The van der Waals surface area contributed by atoms with E-state index in [1.807, 2.05) is 60.8 Å². The fourth-order valence-electron chi connectivity index (χ4n) is 3.74. The molecule has 0 radical (unpaired) electrons. The van der Waals surface area contributed by atoms with Crippen LogP contribution in [0.1, 0.15) is 18.4 Å². The fraction of sp³-hybridized carbons (Fsp3) is 0.250. The van der Waals surface area contributed by atoms with E-state index in [-0.39, 0.29) is 11.5 Å². The van der Waals surface area contributed by atoms with Gasteiger partial charge in [0.2, 0.25) is 0 Å². The highest BCUT2D eigenvalue weighted by Crippen LogP contribution is 2.24. The van der Waals surface area contributed by atoms with Crippen molar-refractivity contribution < 1.29 is 9.53 Å². The van der Waals surface area contributed by atoms with Crippen LogP contribution in [0.4, 0.5) is 0 Å². The predicted octanol–water partition coefficient (Wildman–Crippen LogP) is 4.25. The van der Waals surface area contributed by atoms with Crippen LogP contribution in [0.2, 0.25) is 0 Å². The predicted molar refractivity (Wildman–Crippen MR) is 113 cm³/mol. The molecule has 0 spiro atoms. The van der Waals surface area contributed by atoms with Crippen molar-refractivity contribution in [1.82, 2.24) is 9.47 Å². The molecule has 0 saturated carbocycles. The lowest BCUT2D eigenvalue weighted by molar-refractivity contribution is -0.125. The summed E-state index contributed by atoms with van der Waals surface area (Å²) in [7, 11) is 0. The second-order valence-corrected chi connectivity index (χ2v) is 7.13. The molecular formula is C24H23N3O2. The van der Waals surface area contributed by atoms with E-state index in [1.54, 1.807) is 11.0 Å². The molecule has 0 aliphatic carbocycles. The maximum Gasteiger partial charge on any atom is 0.264 e. The number of likely N-dealkylation sites (tertiary alicyclic amines) is 1. The van der Waals surface area contributed by atoms with Crippen LogP contribution in [0, 0.1) is 11.3 Å². The van der Waals surface area contributed by atoms with Gasteiger partial charge in [0, 0.05) is 35.8 Å². The van der Waals surface area contributed by atoms with Crippen molar-refractivity contribution in [2.75, 3.05) is 19.7 Å². The minimum atomic E-state index is -0.172. The van der Waals surface area contributed by atoms with Crippen molar-refractivity contribution >= 4 is 22.9 Å². The zero-order valence-corrected chi connectivity index (χ0v) is 16.3. The summed E-state index contributed by atoms with van der Waals surface area (Å²) in [5, 5.41) is 10.6. The summed E-state index contributed by atoms with van der Waals surface area (Å²) in [4.78, 5) is 14.4. The molecule has 29 heavy (non-hydrogen) atoms. The molecule has 2 aromatic carbocycles. The van der Waals surface area contributed by atoms with E-state index in [0.717, 1.165) is 48.1 Å². The van der Waals surface area contributed by atoms with Crippen molar-refractivity contribution in [3.05, 3.63) is 71.9 Å². The largest absolute Gasteiger partial charge is 0.492 e. The third-order valence-corrected chi connectivity index (χ3v) is 5.21. The molecule has 1 aliphatic rings. The highest BCUT2D eigenvalue weighted by Gasteiger charge is 2.22. The van der Waals surface area contributed by atoms with E-state index in [2.05, 4.69) is 10.6 Å². The zero-order valence-electron chi connectivity index (χ0n) is 16.3. The summed E-state index contributed by atoms with van der Waals surface area (Å²) in [5.74, 6) is 0.668. The van der Waals surface area contributed by atoms with Gasteiger partial charge in [-0.2, -0.15) is 5.26 Å². The van der Waals surface area contributed by atoms with Gasteiger partial charge in [-0.3, -0.25) is 4.79 Å². The van der Waals surface area contributed by atoms with Crippen LogP contribution in [0.5, 0.6) is 5.75 Å². The standard InChI is InChI=1S/C24H23N3O2/c25-17-19(24(28)26-12-6-7-13-26)16-20-18-27(23-11-5-4-10-22(20)23)14-15-29-21-8-2-1-3-9-21/h1-5,8-11,16,18H,6-7,12-15H2. The van der Waals surface area contributed by atoms with E-state index < -0.39 is 0 Å². The number of amides is 1. The van der Waals surface area contributed by atoms with Gasteiger partial charge in [0.15, 0.2) is 0 Å². The van der Waals surface area contributed by atoms with Crippen molar-refractivity contribution in [1.29, 1.82) is 5.26 Å². The molecule has 2 heterocycles. The third-order valence-electron chi connectivity index (χ3n) is 5.21. The Morgan fingerprint density at radius 3 is 2.55 bits per heavy atom. The molecule has 1 saturated heterocycles. The van der Waals surface area contributed by atoms with Gasteiger partial charge in [-0.25, -0.2) is 0 Å². The average Bonchev–Trinajstić information content (AvgIpc) is 3.41. The Morgan fingerprint density at radius 2 is 1.79 bits per heavy atom. The summed E-state index contributed by atoms with van der Waals surface area (Å²) in [5.41, 5.74) is 2.13. The first-order valence-electron chi connectivity index (χ1n) is 9.93. The number of benzene rings is 2. The summed E-state index contributed by atoms with van der Waals surface area (Å²) in [6.45, 7) is 2.67. The monoisotopic (exact) mass is 385 g/mol. The Labute approximate surface area is 170 Å². The first-order valence-corrected chi connectivity index (χ1v) is 9.93. The number of carbonyl (C=O) groups is 1. The Bertz CT molecular complexity index is 1070. The second-order valence-electron chi connectivity index (χ2n) is 7.13. The quantitative estimate of drug-likeness (QED) is 0.471. The number of nitrogens with zero attached hydrogens (tertiary/aromatic N) is 3. The number of para-hydroxylation sites is 2. The molecule has 0 unspecified atom stereocenters. The van der Waals surface area contributed by atoms with E-state index in [9.17, 15) is 10.1 Å². The van der Waals surface area contributed by atoms with Crippen molar-refractivity contribution in [2.24, 2.45) is 0 Å². The number of carbonyl (C=O) groups excluding carboxylic acids is 1. The van der Waals surface area contributed by atoms with E-state index >= 15 is 0 Å². The lowest BCUT2D eigenvalue weighted by Crippen LogP contribution is -2.28. The van der Waals surface area contributed by atoms with Crippen LogP contribution < -0.4 is 4.74 Å². The molecule has 0 atom stereocenters. The van der Waals surface area contributed by atoms with Gasteiger partial charge in [-0.05, 0) is 37.1 Å². The summed E-state index contributed by atoms with van der Waals surface area (Å²) in [6.07, 6.45) is 5.72. The highest BCUT2D eigenvalue weighted by atomic mass is 16.5. The average molecular weight is 385 g/mol. The Balaban J connectivity index is 1.58. The lowest BCUT2D eigenvalue weighted by Gasteiger charge is -2.13. The van der Waals surface area contributed by atoms with Gasteiger partial charge >= 0.3 is 0 Å². The van der Waals surface area contributed by atoms with Crippen LogP contribution in [0.15, 0.2) is 66.4 Å². The summed E-state index contributed by atoms with van der Waals surface area (Å²) in [6, 6.07) is 19.9. The normalized spacial score (nSPS) is 14.2. The summed E-state index contributed by atoms with van der Waals surface area (Å²) >= 11 is 0. The van der Waals surface area contributed by atoms with Crippen molar-refractivity contribution in [3.63, 3.8) is 0 Å². The molecule has 0 bridgehead atoms. The second kappa shape index (κ2) is 8.66. The number of rotatable bonds is 6.